The van der Waals surface area contributed by atoms with Gasteiger partial charge in [0.05, 0.1) is 0 Å². The number of aliphatic imine (C=N–C) groups is 1. The van der Waals surface area contributed by atoms with Gasteiger partial charge in [-0.15, -0.1) is 24.0 Å². The lowest BCUT2D eigenvalue weighted by Gasteiger charge is -2.26. The zero-order valence-electron chi connectivity index (χ0n) is 15.0. The first-order chi connectivity index (χ1) is 11.3. The molecule has 0 amide bonds. The third-order valence-corrected chi connectivity index (χ3v) is 4.41. The number of hydrogen-bond acceptors (Lipinski definition) is 2. The second kappa shape index (κ2) is 12.5. The largest absolute Gasteiger partial charge is 0.381 e. The third-order valence-electron chi connectivity index (χ3n) is 4.41. The van der Waals surface area contributed by atoms with E-state index >= 15 is 0 Å². The van der Waals surface area contributed by atoms with Crippen molar-refractivity contribution in [3.05, 3.63) is 35.9 Å². The summed E-state index contributed by atoms with van der Waals surface area (Å²) in [6.45, 7) is 6.78. The second-order valence-corrected chi connectivity index (χ2v) is 6.24. The van der Waals surface area contributed by atoms with Crippen LogP contribution in [0.25, 0.3) is 0 Å². The maximum Gasteiger partial charge on any atom is 0.193 e. The van der Waals surface area contributed by atoms with Crippen LogP contribution in [0.15, 0.2) is 35.3 Å². The molecule has 0 spiro atoms. The molecule has 24 heavy (non-hydrogen) atoms. The van der Waals surface area contributed by atoms with Crippen LogP contribution in [0, 0.1) is 5.92 Å². The highest BCUT2D eigenvalue weighted by molar-refractivity contribution is 14.0. The molecule has 1 heterocycles. The van der Waals surface area contributed by atoms with Crippen LogP contribution in [0.4, 0.5) is 0 Å². The van der Waals surface area contributed by atoms with Gasteiger partial charge in [0, 0.05) is 39.9 Å². The standard InChI is InChI=1S/C19H31N3O.HI/c1-3-20-19(21-13-9-17-7-5-4-6-8-17)22(2)14-10-18-11-15-23-16-12-18;/h4-8,18H,3,9-16H2,1-2H3,(H,20,21);1H. The Hall–Kier alpha value is -0.820. The van der Waals surface area contributed by atoms with Crippen molar-refractivity contribution < 1.29 is 4.74 Å². The van der Waals surface area contributed by atoms with Crippen LogP contribution in [-0.2, 0) is 11.2 Å². The minimum Gasteiger partial charge on any atom is -0.381 e. The SMILES string of the molecule is CCNC(=NCCc1ccccc1)N(C)CCC1CCOCC1.I. The highest BCUT2D eigenvalue weighted by Crippen LogP contribution is 2.18. The van der Waals surface area contributed by atoms with E-state index < -0.39 is 0 Å². The Balaban J connectivity index is 0.00000288. The normalized spacial score (nSPS) is 15.7. The predicted molar refractivity (Wildman–Crippen MR) is 112 cm³/mol. The third kappa shape index (κ3) is 7.83. The van der Waals surface area contributed by atoms with Gasteiger partial charge in [0.1, 0.15) is 0 Å². The summed E-state index contributed by atoms with van der Waals surface area (Å²) in [6, 6.07) is 10.6. The first kappa shape index (κ1) is 21.2. The fourth-order valence-corrected chi connectivity index (χ4v) is 2.92. The smallest absolute Gasteiger partial charge is 0.193 e. The Morgan fingerprint density at radius 1 is 1.25 bits per heavy atom. The van der Waals surface area contributed by atoms with Crippen LogP contribution in [-0.4, -0.2) is 50.8 Å². The predicted octanol–water partition coefficient (Wildman–Crippen LogP) is 3.56. The molecule has 2 rings (SSSR count). The molecule has 0 saturated carbocycles. The van der Waals surface area contributed by atoms with Gasteiger partial charge in [-0.3, -0.25) is 4.99 Å². The minimum atomic E-state index is 0. The van der Waals surface area contributed by atoms with Crippen molar-refractivity contribution in [1.29, 1.82) is 0 Å². The quantitative estimate of drug-likeness (QED) is 0.396. The van der Waals surface area contributed by atoms with Crippen LogP contribution in [0.2, 0.25) is 0 Å². The maximum absolute atomic E-state index is 5.44. The average molecular weight is 445 g/mol. The van der Waals surface area contributed by atoms with Crippen molar-refractivity contribution >= 4 is 29.9 Å². The summed E-state index contributed by atoms with van der Waals surface area (Å²) in [5.41, 5.74) is 1.34. The van der Waals surface area contributed by atoms with Crippen molar-refractivity contribution in [3.63, 3.8) is 0 Å². The summed E-state index contributed by atoms with van der Waals surface area (Å²) in [5.74, 6) is 1.83. The number of nitrogens with one attached hydrogen (secondary N) is 1. The Labute approximate surface area is 164 Å². The van der Waals surface area contributed by atoms with Crippen LogP contribution in [0.5, 0.6) is 0 Å². The number of rotatable bonds is 7. The van der Waals surface area contributed by atoms with Crippen LogP contribution < -0.4 is 5.32 Å². The van der Waals surface area contributed by atoms with Gasteiger partial charge in [-0.05, 0) is 44.1 Å². The van der Waals surface area contributed by atoms with E-state index in [0.717, 1.165) is 51.1 Å². The lowest BCUT2D eigenvalue weighted by Crippen LogP contribution is -2.40. The number of ether oxygens (including phenoxy) is 1. The first-order valence-electron chi connectivity index (χ1n) is 8.90. The molecule has 1 fully saturated rings. The topological polar surface area (TPSA) is 36.9 Å². The number of hydrogen-bond donors (Lipinski definition) is 1. The molecule has 0 aromatic heterocycles. The van der Waals surface area contributed by atoms with E-state index in [4.69, 9.17) is 9.73 Å². The molecule has 5 heteroatoms. The maximum atomic E-state index is 5.44. The average Bonchev–Trinajstić information content (AvgIpc) is 2.61. The van der Waals surface area contributed by atoms with E-state index in [0.29, 0.717) is 0 Å². The van der Waals surface area contributed by atoms with Gasteiger partial charge in [0.25, 0.3) is 0 Å². The molecule has 1 aliphatic rings. The van der Waals surface area contributed by atoms with Crippen molar-refractivity contribution in [2.24, 2.45) is 10.9 Å². The number of nitrogens with zero attached hydrogens (tertiary/aromatic N) is 2. The molecule has 1 aliphatic heterocycles. The number of benzene rings is 1. The van der Waals surface area contributed by atoms with E-state index in [-0.39, 0.29) is 24.0 Å². The molecule has 0 unspecified atom stereocenters. The van der Waals surface area contributed by atoms with Crippen molar-refractivity contribution in [3.8, 4) is 0 Å². The highest BCUT2D eigenvalue weighted by Gasteiger charge is 2.15. The summed E-state index contributed by atoms with van der Waals surface area (Å²) in [6.07, 6.45) is 4.62. The Kier molecular flexibility index (Phi) is 11.1. The molecule has 4 nitrogen and oxygen atoms in total. The molecular weight excluding hydrogens is 413 g/mol. The molecule has 0 radical (unpaired) electrons. The number of guanidine groups is 1. The van der Waals surface area contributed by atoms with E-state index in [1.165, 1.54) is 24.8 Å². The second-order valence-electron chi connectivity index (χ2n) is 6.24. The fraction of sp³-hybridized carbons (Fsp3) is 0.632. The van der Waals surface area contributed by atoms with Crippen molar-refractivity contribution in [2.75, 3.05) is 39.9 Å². The molecule has 1 aromatic rings. The summed E-state index contributed by atoms with van der Waals surface area (Å²) in [4.78, 5) is 7.05. The Bertz CT molecular complexity index is 461. The van der Waals surface area contributed by atoms with Gasteiger partial charge in [0.15, 0.2) is 5.96 Å². The van der Waals surface area contributed by atoms with E-state index in [2.05, 4.69) is 54.5 Å². The minimum absolute atomic E-state index is 0. The zero-order chi connectivity index (χ0) is 16.3. The van der Waals surface area contributed by atoms with Gasteiger partial charge in [-0.1, -0.05) is 30.3 Å². The van der Waals surface area contributed by atoms with Crippen molar-refractivity contribution in [1.82, 2.24) is 10.2 Å². The molecule has 0 bridgehead atoms. The molecule has 1 saturated heterocycles. The van der Waals surface area contributed by atoms with Crippen LogP contribution >= 0.6 is 24.0 Å². The monoisotopic (exact) mass is 445 g/mol. The van der Waals surface area contributed by atoms with Crippen LogP contribution in [0.3, 0.4) is 0 Å². The van der Waals surface area contributed by atoms with Gasteiger partial charge in [-0.2, -0.15) is 0 Å². The van der Waals surface area contributed by atoms with Gasteiger partial charge in [0.2, 0.25) is 0 Å². The molecule has 136 valence electrons. The van der Waals surface area contributed by atoms with Gasteiger partial charge < -0.3 is 15.0 Å². The molecule has 1 aromatic carbocycles. The summed E-state index contributed by atoms with van der Waals surface area (Å²) in [5, 5.41) is 3.41. The fourth-order valence-electron chi connectivity index (χ4n) is 2.92. The first-order valence-corrected chi connectivity index (χ1v) is 8.90. The molecule has 0 atom stereocenters. The Morgan fingerprint density at radius 3 is 2.62 bits per heavy atom. The summed E-state index contributed by atoms with van der Waals surface area (Å²) >= 11 is 0. The lowest BCUT2D eigenvalue weighted by atomic mass is 9.96. The van der Waals surface area contributed by atoms with E-state index in [1.807, 2.05) is 0 Å². The van der Waals surface area contributed by atoms with Gasteiger partial charge in [-0.25, -0.2) is 0 Å². The van der Waals surface area contributed by atoms with Crippen molar-refractivity contribution in [2.45, 2.75) is 32.6 Å². The summed E-state index contributed by atoms with van der Waals surface area (Å²) < 4.78 is 5.44. The molecule has 1 N–H and O–H groups in total. The van der Waals surface area contributed by atoms with E-state index in [9.17, 15) is 0 Å². The zero-order valence-corrected chi connectivity index (χ0v) is 17.4. The summed E-state index contributed by atoms with van der Waals surface area (Å²) in [7, 11) is 2.14. The van der Waals surface area contributed by atoms with E-state index in [1.54, 1.807) is 0 Å². The lowest BCUT2D eigenvalue weighted by molar-refractivity contribution is 0.0625. The number of halogens is 1. The van der Waals surface area contributed by atoms with Crippen LogP contribution in [0.1, 0.15) is 31.7 Å². The molecule has 0 aliphatic carbocycles. The highest BCUT2D eigenvalue weighted by atomic mass is 127. The molecular formula is C19H32IN3O. The van der Waals surface area contributed by atoms with Gasteiger partial charge >= 0.3 is 0 Å². The Morgan fingerprint density at radius 2 is 1.96 bits per heavy atom.